The zero-order valence-corrected chi connectivity index (χ0v) is 17.7. The second-order valence-corrected chi connectivity index (χ2v) is 7.36. The van der Waals surface area contributed by atoms with Crippen molar-refractivity contribution in [2.45, 2.75) is 33.8 Å². The Kier molecular flexibility index (Phi) is 6.52. The molecule has 30 heavy (non-hydrogen) atoms. The van der Waals surface area contributed by atoms with Gasteiger partial charge in [-0.2, -0.15) is 0 Å². The highest BCUT2D eigenvalue weighted by Crippen LogP contribution is 2.19. The van der Waals surface area contributed by atoms with Crippen molar-refractivity contribution in [2.24, 2.45) is 0 Å². The van der Waals surface area contributed by atoms with Gasteiger partial charge in [-0.1, -0.05) is 30.3 Å². The maximum Gasteiger partial charge on any atom is 0.265 e. The lowest BCUT2D eigenvalue weighted by molar-refractivity contribution is -0.122. The number of hydrogen-bond donors (Lipinski definition) is 2. The van der Waals surface area contributed by atoms with Crippen molar-refractivity contribution in [1.29, 1.82) is 0 Å². The fraction of sp³-hybridized carbons (Fsp3) is 0.200. The Morgan fingerprint density at radius 2 is 1.47 bits per heavy atom. The molecular weight excluding hydrogens is 376 g/mol. The van der Waals surface area contributed by atoms with Crippen molar-refractivity contribution in [1.82, 2.24) is 0 Å². The Balaban J connectivity index is 1.60. The van der Waals surface area contributed by atoms with Crippen LogP contribution in [-0.2, 0) is 4.79 Å². The number of ether oxygens (including phenoxy) is 1. The van der Waals surface area contributed by atoms with Crippen molar-refractivity contribution >= 4 is 23.2 Å². The summed E-state index contributed by atoms with van der Waals surface area (Å²) in [6.07, 6.45) is -0.684. The highest BCUT2D eigenvalue weighted by Gasteiger charge is 2.16. The molecule has 3 aromatic carbocycles. The number of rotatable bonds is 6. The number of carbonyl (C=O) groups excluding carboxylic acids is 2. The summed E-state index contributed by atoms with van der Waals surface area (Å²) in [5, 5.41) is 5.80. The molecule has 2 amide bonds. The molecule has 0 saturated carbocycles. The summed E-state index contributed by atoms with van der Waals surface area (Å²) >= 11 is 0. The molecule has 0 saturated heterocycles. The van der Waals surface area contributed by atoms with E-state index in [9.17, 15) is 9.59 Å². The first-order valence-corrected chi connectivity index (χ1v) is 9.85. The van der Waals surface area contributed by atoms with Crippen molar-refractivity contribution in [2.75, 3.05) is 10.6 Å². The van der Waals surface area contributed by atoms with Crippen LogP contribution in [0.2, 0.25) is 0 Å². The first-order valence-electron chi connectivity index (χ1n) is 9.85. The summed E-state index contributed by atoms with van der Waals surface area (Å²) in [4.78, 5) is 24.9. The van der Waals surface area contributed by atoms with Crippen molar-refractivity contribution in [3.63, 3.8) is 0 Å². The van der Waals surface area contributed by atoms with E-state index in [2.05, 4.69) is 10.6 Å². The van der Waals surface area contributed by atoms with Gasteiger partial charge < -0.3 is 15.4 Å². The Bertz CT molecular complexity index is 1060. The number of amides is 2. The van der Waals surface area contributed by atoms with E-state index in [1.54, 1.807) is 31.2 Å². The average Bonchev–Trinajstić information content (AvgIpc) is 2.72. The summed E-state index contributed by atoms with van der Waals surface area (Å²) in [5.74, 6) is 0.0905. The van der Waals surface area contributed by atoms with Gasteiger partial charge in [-0.15, -0.1) is 0 Å². The van der Waals surface area contributed by atoms with E-state index in [0.29, 0.717) is 11.3 Å². The van der Waals surface area contributed by atoms with Gasteiger partial charge >= 0.3 is 0 Å². The lowest BCUT2D eigenvalue weighted by Gasteiger charge is -2.16. The maximum atomic E-state index is 12.5. The molecule has 0 aliphatic carbocycles. The summed E-state index contributed by atoms with van der Waals surface area (Å²) in [6.45, 7) is 7.56. The molecule has 0 unspecified atom stereocenters. The summed E-state index contributed by atoms with van der Waals surface area (Å²) in [6, 6.07) is 20.2. The monoisotopic (exact) mass is 402 g/mol. The van der Waals surface area contributed by atoms with Gasteiger partial charge in [0.25, 0.3) is 11.8 Å². The molecule has 0 aliphatic heterocycles. The first-order chi connectivity index (χ1) is 14.3. The minimum atomic E-state index is -0.684. The lowest BCUT2D eigenvalue weighted by Crippen LogP contribution is -2.30. The summed E-state index contributed by atoms with van der Waals surface area (Å²) in [5.41, 5.74) is 5.13. The fourth-order valence-corrected chi connectivity index (χ4v) is 2.96. The zero-order chi connectivity index (χ0) is 21.7. The van der Waals surface area contributed by atoms with Gasteiger partial charge in [0.05, 0.1) is 0 Å². The van der Waals surface area contributed by atoms with Crippen LogP contribution in [0.15, 0.2) is 66.7 Å². The number of nitrogens with one attached hydrogen (secondary N) is 2. The molecule has 5 heteroatoms. The quantitative estimate of drug-likeness (QED) is 0.590. The van der Waals surface area contributed by atoms with Crippen LogP contribution in [0.5, 0.6) is 5.75 Å². The Hall–Kier alpha value is -3.60. The third-order valence-electron chi connectivity index (χ3n) is 4.84. The van der Waals surface area contributed by atoms with Gasteiger partial charge in [-0.3, -0.25) is 9.59 Å². The molecule has 0 heterocycles. The molecule has 0 fully saturated rings. The van der Waals surface area contributed by atoms with E-state index < -0.39 is 6.10 Å². The van der Waals surface area contributed by atoms with Crippen molar-refractivity contribution in [3.8, 4) is 5.75 Å². The molecule has 2 N–H and O–H groups in total. The van der Waals surface area contributed by atoms with Crippen LogP contribution in [0.4, 0.5) is 11.4 Å². The standard InChI is InChI=1S/C25H26N2O3/c1-16-9-10-18(3)23(15-16)27-24(28)19(4)30-21-13-11-20(12-14-21)25(29)26-22-8-6-5-7-17(22)2/h5-15,19H,1-4H3,(H,26,29)(H,27,28)/t19-/m0/s1. The normalized spacial score (nSPS) is 11.5. The Morgan fingerprint density at radius 1 is 0.800 bits per heavy atom. The van der Waals surface area contributed by atoms with Gasteiger partial charge in [0, 0.05) is 16.9 Å². The number of para-hydroxylation sites is 1. The molecule has 0 radical (unpaired) electrons. The Morgan fingerprint density at radius 3 is 2.17 bits per heavy atom. The first kappa shape index (κ1) is 21.1. The van der Waals surface area contributed by atoms with Crippen molar-refractivity contribution < 1.29 is 14.3 Å². The highest BCUT2D eigenvalue weighted by molar-refractivity contribution is 6.04. The van der Waals surface area contributed by atoms with E-state index in [4.69, 9.17) is 4.74 Å². The van der Waals surface area contributed by atoms with Crippen LogP contribution in [0.1, 0.15) is 34.0 Å². The maximum absolute atomic E-state index is 12.5. The van der Waals surface area contributed by atoms with Crippen LogP contribution in [-0.4, -0.2) is 17.9 Å². The second kappa shape index (κ2) is 9.27. The summed E-state index contributed by atoms with van der Waals surface area (Å²) < 4.78 is 5.75. The van der Waals surface area contributed by atoms with Crippen LogP contribution in [0.25, 0.3) is 0 Å². The van der Waals surface area contributed by atoms with Crippen LogP contribution >= 0.6 is 0 Å². The SMILES string of the molecule is Cc1ccc(C)c(NC(=O)[C@H](C)Oc2ccc(C(=O)Nc3ccccc3C)cc2)c1. The molecule has 3 aromatic rings. The number of hydrogen-bond acceptors (Lipinski definition) is 3. The second-order valence-electron chi connectivity index (χ2n) is 7.36. The minimum absolute atomic E-state index is 0.198. The van der Waals surface area contributed by atoms with E-state index in [1.807, 2.05) is 63.2 Å². The predicted molar refractivity (Wildman–Crippen MR) is 120 cm³/mol. The van der Waals surface area contributed by atoms with E-state index >= 15 is 0 Å². The lowest BCUT2D eigenvalue weighted by atomic mass is 10.1. The zero-order valence-electron chi connectivity index (χ0n) is 17.7. The topological polar surface area (TPSA) is 67.4 Å². The van der Waals surface area contributed by atoms with E-state index in [-0.39, 0.29) is 11.8 Å². The molecular formula is C25H26N2O3. The van der Waals surface area contributed by atoms with Gasteiger partial charge in [0.15, 0.2) is 6.10 Å². The predicted octanol–water partition coefficient (Wildman–Crippen LogP) is 5.27. The number of carbonyl (C=O) groups is 2. The number of benzene rings is 3. The van der Waals surface area contributed by atoms with Crippen molar-refractivity contribution in [3.05, 3.63) is 89.0 Å². The molecule has 154 valence electrons. The van der Waals surface area contributed by atoms with Crippen LogP contribution in [0.3, 0.4) is 0 Å². The van der Waals surface area contributed by atoms with Gasteiger partial charge in [0.1, 0.15) is 5.75 Å². The highest BCUT2D eigenvalue weighted by atomic mass is 16.5. The molecule has 0 bridgehead atoms. The molecule has 0 aromatic heterocycles. The van der Waals surface area contributed by atoms with Crippen LogP contribution < -0.4 is 15.4 Å². The molecule has 3 rings (SSSR count). The summed E-state index contributed by atoms with van der Waals surface area (Å²) in [7, 11) is 0. The van der Waals surface area contributed by atoms with Gasteiger partial charge in [-0.25, -0.2) is 0 Å². The van der Waals surface area contributed by atoms with Crippen LogP contribution in [0, 0.1) is 20.8 Å². The minimum Gasteiger partial charge on any atom is -0.481 e. The number of aryl methyl sites for hydroxylation is 3. The number of anilines is 2. The molecule has 5 nitrogen and oxygen atoms in total. The third kappa shape index (κ3) is 5.26. The van der Waals surface area contributed by atoms with Gasteiger partial charge in [-0.05, 0) is 80.8 Å². The largest absolute Gasteiger partial charge is 0.481 e. The third-order valence-corrected chi connectivity index (χ3v) is 4.84. The van der Waals surface area contributed by atoms with Gasteiger partial charge in [0.2, 0.25) is 0 Å². The fourth-order valence-electron chi connectivity index (χ4n) is 2.96. The molecule has 0 spiro atoms. The van der Waals surface area contributed by atoms with E-state index in [1.165, 1.54) is 0 Å². The smallest absolute Gasteiger partial charge is 0.265 e. The Labute approximate surface area is 177 Å². The van der Waals surface area contributed by atoms with E-state index in [0.717, 1.165) is 28.1 Å². The molecule has 0 aliphatic rings. The average molecular weight is 402 g/mol. The molecule has 1 atom stereocenters.